The highest BCUT2D eigenvalue weighted by Gasteiger charge is 2.29. The van der Waals surface area contributed by atoms with Gasteiger partial charge in [0.25, 0.3) is 0 Å². The zero-order chi connectivity index (χ0) is 17.8. The highest BCUT2D eigenvalue weighted by molar-refractivity contribution is 6.66. The predicted molar refractivity (Wildman–Crippen MR) is 97.4 cm³/mol. The fourth-order valence-electron chi connectivity index (χ4n) is 3.18. The zero-order valence-electron chi connectivity index (χ0n) is 13.8. The maximum absolute atomic E-state index is 12.1. The Bertz CT molecular complexity index is 761. The lowest BCUT2D eigenvalue weighted by atomic mass is 9.98. The molecule has 0 saturated carbocycles. The summed E-state index contributed by atoms with van der Waals surface area (Å²) in [6, 6.07) is 15.7. The van der Waals surface area contributed by atoms with Crippen LogP contribution in [0.15, 0.2) is 53.7 Å². The van der Waals surface area contributed by atoms with E-state index in [-0.39, 0.29) is 17.7 Å². The van der Waals surface area contributed by atoms with Gasteiger partial charge in [0.15, 0.2) is 5.17 Å². The predicted octanol–water partition coefficient (Wildman–Crippen LogP) is 4.33. The smallest absolute Gasteiger partial charge is 0.407 e. The summed E-state index contributed by atoms with van der Waals surface area (Å²) in [6.45, 7) is 2.05. The highest BCUT2D eigenvalue weighted by Crippen LogP contribution is 2.44. The first kappa shape index (κ1) is 17.3. The van der Waals surface area contributed by atoms with Gasteiger partial charge in [0.05, 0.1) is 6.04 Å². The van der Waals surface area contributed by atoms with Crippen molar-refractivity contribution < 1.29 is 14.7 Å². The molecule has 0 aromatic heterocycles. The number of nitrogens with zero attached hydrogens (tertiary/aromatic N) is 1. The van der Waals surface area contributed by atoms with E-state index in [4.69, 9.17) is 21.5 Å². The zero-order valence-corrected chi connectivity index (χ0v) is 14.5. The molecular formula is C19H19ClN2O3. The van der Waals surface area contributed by atoms with Crippen molar-refractivity contribution in [3.63, 3.8) is 0 Å². The van der Waals surface area contributed by atoms with Gasteiger partial charge in [0.1, 0.15) is 6.61 Å². The monoisotopic (exact) mass is 358 g/mol. The van der Waals surface area contributed by atoms with Crippen molar-refractivity contribution in [1.82, 2.24) is 5.32 Å². The van der Waals surface area contributed by atoms with Crippen molar-refractivity contribution in [3.05, 3.63) is 59.7 Å². The van der Waals surface area contributed by atoms with Crippen LogP contribution in [-0.2, 0) is 4.74 Å². The first-order valence-electron chi connectivity index (χ1n) is 8.14. The number of hydrogen-bond donors (Lipinski definition) is 2. The fraction of sp³-hybridized carbons (Fsp3) is 0.263. The summed E-state index contributed by atoms with van der Waals surface area (Å²) in [7, 11) is 0. The third kappa shape index (κ3) is 3.46. The van der Waals surface area contributed by atoms with Crippen LogP contribution < -0.4 is 5.32 Å². The third-order valence-electron chi connectivity index (χ3n) is 4.43. The van der Waals surface area contributed by atoms with E-state index < -0.39 is 12.1 Å². The minimum Gasteiger partial charge on any atom is -0.449 e. The van der Waals surface area contributed by atoms with Gasteiger partial charge in [0, 0.05) is 5.92 Å². The Labute approximate surface area is 151 Å². The molecule has 0 heterocycles. The Kier molecular flexibility index (Phi) is 5.24. The van der Waals surface area contributed by atoms with Crippen molar-refractivity contribution in [2.45, 2.75) is 25.3 Å². The van der Waals surface area contributed by atoms with E-state index in [1.165, 1.54) is 11.1 Å². The Morgan fingerprint density at radius 1 is 1.20 bits per heavy atom. The minimum atomic E-state index is -0.587. The molecule has 0 aliphatic heterocycles. The SMILES string of the molecule is CC[C@H](NC(=O)OCC1c2ccccc2-c2ccccc21)C(Cl)=NO. The first-order valence-corrected chi connectivity index (χ1v) is 8.52. The second-order valence-corrected chi connectivity index (χ2v) is 6.24. The van der Waals surface area contributed by atoms with Crippen LogP contribution in [0.25, 0.3) is 11.1 Å². The molecule has 1 aliphatic rings. The van der Waals surface area contributed by atoms with Gasteiger partial charge in [-0.2, -0.15) is 0 Å². The molecule has 6 heteroatoms. The number of carbonyl (C=O) groups excluding carboxylic acids is 1. The molecule has 1 atom stereocenters. The van der Waals surface area contributed by atoms with Crippen LogP contribution in [0, 0.1) is 0 Å². The summed E-state index contributed by atoms with van der Waals surface area (Å²) in [5.74, 6) is 0.000192. The topological polar surface area (TPSA) is 70.9 Å². The van der Waals surface area contributed by atoms with Crippen LogP contribution in [0.1, 0.15) is 30.4 Å². The molecule has 1 amide bonds. The quantitative estimate of drug-likeness (QED) is 0.474. The van der Waals surface area contributed by atoms with E-state index >= 15 is 0 Å². The Morgan fingerprint density at radius 3 is 2.28 bits per heavy atom. The molecule has 0 spiro atoms. The number of alkyl carbamates (subject to hydrolysis) is 1. The molecule has 0 radical (unpaired) electrons. The average molecular weight is 359 g/mol. The number of halogens is 1. The summed E-state index contributed by atoms with van der Waals surface area (Å²) in [6.07, 6.45) is -0.0943. The Hall–Kier alpha value is -2.53. The van der Waals surface area contributed by atoms with E-state index in [1.807, 2.05) is 31.2 Å². The molecule has 0 unspecified atom stereocenters. The van der Waals surface area contributed by atoms with Crippen molar-refractivity contribution in [2.75, 3.05) is 6.61 Å². The molecule has 130 valence electrons. The number of hydrogen-bond acceptors (Lipinski definition) is 4. The van der Waals surface area contributed by atoms with Gasteiger partial charge in [-0.15, -0.1) is 0 Å². The molecule has 0 fully saturated rings. The second kappa shape index (κ2) is 7.57. The van der Waals surface area contributed by atoms with Gasteiger partial charge in [-0.25, -0.2) is 4.79 Å². The molecule has 2 aromatic carbocycles. The van der Waals surface area contributed by atoms with Crippen LogP contribution >= 0.6 is 11.6 Å². The number of rotatable bonds is 5. The summed E-state index contributed by atoms with van der Waals surface area (Å²) in [5, 5.41) is 14.2. The molecule has 1 aliphatic carbocycles. The van der Waals surface area contributed by atoms with E-state index in [2.05, 4.69) is 34.7 Å². The lowest BCUT2D eigenvalue weighted by Crippen LogP contribution is -2.39. The lowest BCUT2D eigenvalue weighted by molar-refractivity contribution is 0.141. The normalized spacial score (nSPS) is 14.6. The van der Waals surface area contributed by atoms with Crippen LogP contribution in [-0.4, -0.2) is 29.1 Å². The molecule has 25 heavy (non-hydrogen) atoms. The van der Waals surface area contributed by atoms with Crippen molar-refractivity contribution in [3.8, 4) is 11.1 Å². The fourth-order valence-corrected chi connectivity index (χ4v) is 3.39. The number of fused-ring (bicyclic) bond motifs is 3. The minimum absolute atomic E-state index is 0.000192. The van der Waals surface area contributed by atoms with E-state index in [0.717, 1.165) is 11.1 Å². The van der Waals surface area contributed by atoms with E-state index in [9.17, 15) is 4.79 Å². The standard InChI is InChI=1S/C19H19ClN2O3/c1-2-17(18(20)22-24)21-19(23)25-11-16-14-9-5-3-7-12(14)13-8-4-6-10-15(13)16/h3-10,16-17,24H,2,11H2,1H3,(H,21,23)/t17-/m0/s1. The number of carbonyl (C=O) groups is 1. The number of nitrogens with one attached hydrogen (secondary N) is 1. The van der Waals surface area contributed by atoms with Crippen LogP contribution in [0.3, 0.4) is 0 Å². The lowest BCUT2D eigenvalue weighted by Gasteiger charge is -2.17. The van der Waals surface area contributed by atoms with Gasteiger partial charge >= 0.3 is 6.09 Å². The number of amides is 1. The Balaban J connectivity index is 1.72. The molecule has 3 rings (SSSR count). The van der Waals surface area contributed by atoms with Gasteiger partial charge in [-0.3, -0.25) is 0 Å². The number of benzene rings is 2. The van der Waals surface area contributed by atoms with Gasteiger partial charge in [-0.1, -0.05) is 72.2 Å². The van der Waals surface area contributed by atoms with Gasteiger partial charge in [-0.05, 0) is 28.7 Å². The maximum atomic E-state index is 12.1. The summed E-state index contributed by atoms with van der Waals surface area (Å²) < 4.78 is 5.42. The first-order chi connectivity index (χ1) is 12.2. The molecular weight excluding hydrogens is 340 g/mol. The van der Waals surface area contributed by atoms with Crippen molar-refractivity contribution in [1.29, 1.82) is 0 Å². The van der Waals surface area contributed by atoms with Crippen LogP contribution in [0.4, 0.5) is 4.79 Å². The molecule has 2 aromatic rings. The summed E-state index contributed by atoms with van der Waals surface area (Å²) in [5.41, 5.74) is 4.65. The Morgan fingerprint density at radius 2 is 1.76 bits per heavy atom. The summed E-state index contributed by atoms with van der Waals surface area (Å²) >= 11 is 5.77. The van der Waals surface area contributed by atoms with Gasteiger partial charge in [0.2, 0.25) is 0 Å². The molecule has 5 nitrogen and oxygen atoms in total. The summed E-state index contributed by atoms with van der Waals surface area (Å²) in [4.78, 5) is 12.1. The largest absolute Gasteiger partial charge is 0.449 e. The second-order valence-electron chi connectivity index (χ2n) is 5.85. The maximum Gasteiger partial charge on any atom is 0.407 e. The molecule has 2 N–H and O–H groups in total. The van der Waals surface area contributed by atoms with Crippen LogP contribution in [0.2, 0.25) is 0 Å². The number of oxime groups is 1. The van der Waals surface area contributed by atoms with Crippen LogP contribution in [0.5, 0.6) is 0 Å². The van der Waals surface area contributed by atoms with Crippen molar-refractivity contribution in [2.24, 2.45) is 5.16 Å². The molecule has 0 saturated heterocycles. The molecule has 0 bridgehead atoms. The average Bonchev–Trinajstić information content (AvgIpc) is 2.98. The van der Waals surface area contributed by atoms with E-state index in [0.29, 0.717) is 6.42 Å². The van der Waals surface area contributed by atoms with Crippen molar-refractivity contribution >= 4 is 22.9 Å². The highest BCUT2D eigenvalue weighted by atomic mass is 35.5. The third-order valence-corrected chi connectivity index (χ3v) is 4.77. The van der Waals surface area contributed by atoms with Gasteiger partial charge < -0.3 is 15.3 Å². The van der Waals surface area contributed by atoms with E-state index in [1.54, 1.807) is 0 Å². The number of ether oxygens (including phenoxy) is 1.